The van der Waals surface area contributed by atoms with Crippen LogP contribution in [-0.4, -0.2) is 34.9 Å². The molecular formula is C30H37N5. The van der Waals surface area contributed by atoms with E-state index in [2.05, 4.69) is 95.9 Å². The molecule has 2 aromatic carbocycles. The summed E-state index contributed by atoms with van der Waals surface area (Å²) in [6.07, 6.45) is 11.7. The van der Waals surface area contributed by atoms with Crippen LogP contribution in [0.1, 0.15) is 43.9 Å². The molecule has 0 atom stereocenters. The van der Waals surface area contributed by atoms with Gasteiger partial charge in [0.05, 0.1) is 6.20 Å². The van der Waals surface area contributed by atoms with Crippen molar-refractivity contribution in [3.63, 3.8) is 0 Å². The van der Waals surface area contributed by atoms with Crippen molar-refractivity contribution in [2.24, 2.45) is 5.92 Å². The fourth-order valence-corrected chi connectivity index (χ4v) is 4.44. The molecule has 1 aliphatic heterocycles. The minimum Gasteiger partial charge on any atom is -0.373 e. The van der Waals surface area contributed by atoms with Gasteiger partial charge in [0.2, 0.25) is 0 Å². The van der Waals surface area contributed by atoms with E-state index in [1.807, 2.05) is 30.2 Å². The molecule has 0 unspecified atom stereocenters. The number of benzene rings is 2. The van der Waals surface area contributed by atoms with Gasteiger partial charge in [-0.3, -0.25) is 4.68 Å². The molecule has 5 heteroatoms. The molecule has 5 nitrogen and oxygen atoms in total. The Labute approximate surface area is 209 Å². The van der Waals surface area contributed by atoms with E-state index in [1.165, 1.54) is 54.4 Å². The topological polar surface area (TPSA) is 54.8 Å². The standard InChI is InChI=1S/C16H18N4.C14H19N/c1-11(2)20-10-15(9-19-20)12-4-5-13-8-18-16(17-3)7-14(13)6-12;1-2-12-3-5-13(6-4-12)11-14-7-9-15-10-8-14/h4-11H,1-3H3,(H,17,18);2-6,14-15H,1,7-11H2. The molecule has 3 heterocycles. The highest BCUT2D eigenvalue weighted by Crippen LogP contribution is 2.25. The summed E-state index contributed by atoms with van der Waals surface area (Å²) in [5, 5.41) is 13.2. The van der Waals surface area contributed by atoms with E-state index in [4.69, 9.17) is 0 Å². The first-order valence-corrected chi connectivity index (χ1v) is 12.6. The summed E-state index contributed by atoms with van der Waals surface area (Å²) in [5.41, 5.74) is 5.00. The van der Waals surface area contributed by atoms with E-state index >= 15 is 0 Å². The highest BCUT2D eigenvalue weighted by Gasteiger charge is 2.13. The van der Waals surface area contributed by atoms with Crippen LogP contribution in [0.3, 0.4) is 0 Å². The van der Waals surface area contributed by atoms with Crippen LogP contribution in [0, 0.1) is 5.92 Å². The van der Waals surface area contributed by atoms with Gasteiger partial charge in [0.25, 0.3) is 0 Å². The lowest BCUT2D eigenvalue weighted by molar-refractivity contribution is 0.372. The molecule has 182 valence electrons. The Morgan fingerprint density at radius 1 is 1.03 bits per heavy atom. The first-order chi connectivity index (χ1) is 17.1. The van der Waals surface area contributed by atoms with E-state index in [0.29, 0.717) is 6.04 Å². The van der Waals surface area contributed by atoms with E-state index < -0.39 is 0 Å². The van der Waals surface area contributed by atoms with Gasteiger partial charge in [-0.1, -0.05) is 49.1 Å². The zero-order valence-corrected chi connectivity index (χ0v) is 21.2. The van der Waals surface area contributed by atoms with Crippen LogP contribution in [0.25, 0.3) is 28.0 Å². The maximum absolute atomic E-state index is 4.40. The van der Waals surface area contributed by atoms with Crippen LogP contribution in [0.2, 0.25) is 0 Å². The Bertz CT molecular complexity index is 1230. The molecule has 0 bridgehead atoms. The van der Waals surface area contributed by atoms with Crippen LogP contribution in [0.15, 0.2) is 73.7 Å². The largest absolute Gasteiger partial charge is 0.373 e. The van der Waals surface area contributed by atoms with Gasteiger partial charge in [0, 0.05) is 36.4 Å². The molecule has 2 aromatic heterocycles. The highest BCUT2D eigenvalue weighted by molar-refractivity contribution is 5.88. The number of nitrogens with zero attached hydrogens (tertiary/aromatic N) is 3. The van der Waals surface area contributed by atoms with Gasteiger partial charge in [0.1, 0.15) is 5.82 Å². The van der Waals surface area contributed by atoms with Gasteiger partial charge in [-0.05, 0) is 86.3 Å². The second-order valence-corrected chi connectivity index (χ2v) is 9.53. The minimum absolute atomic E-state index is 0.379. The quantitative estimate of drug-likeness (QED) is 0.336. The first kappa shape index (κ1) is 24.7. The number of hydrogen-bond donors (Lipinski definition) is 2. The maximum Gasteiger partial charge on any atom is 0.126 e. The zero-order chi connectivity index (χ0) is 24.6. The van der Waals surface area contributed by atoms with Gasteiger partial charge < -0.3 is 10.6 Å². The molecule has 1 fully saturated rings. The third-order valence-electron chi connectivity index (χ3n) is 6.64. The molecule has 4 aromatic rings. The van der Waals surface area contributed by atoms with Gasteiger partial charge in [-0.15, -0.1) is 0 Å². The van der Waals surface area contributed by atoms with E-state index in [1.54, 1.807) is 0 Å². The predicted octanol–water partition coefficient (Wildman–Crippen LogP) is 6.59. The van der Waals surface area contributed by atoms with Gasteiger partial charge >= 0.3 is 0 Å². The van der Waals surface area contributed by atoms with Crippen molar-refractivity contribution < 1.29 is 0 Å². The van der Waals surface area contributed by atoms with Gasteiger partial charge in [-0.2, -0.15) is 5.10 Å². The molecule has 0 aliphatic carbocycles. The van der Waals surface area contributed by atoms with Crippen molar-refractivity contribution in [2.75, 3.05) is 25.5 Å². The third kappa shape index (κ3) is 6.58. The van der Waals surface area contributed by atoms with Crippen molar-refractivity contribution in [1.29, 1.82) is 0 Å². The molecule has 0 spiro atoms. The highest BCUT2D eigenvalue weighted by atomic mass is 15.3. The molecule has 2 N–H and O–H groups in total. The molecule has 1 saturated heterocycles. The molecular weight excluding hydrogens is 430 g/mol. The summed E-state index contributed by atoms with van der Waals surface area (Å²) in [4.78, 5) is 4.33. The number of anilines is 1. The van der Waals surface area contributed by atoms with Crippen LogP contribution in [0.5, 0.6) is 0 Å². The molecule has 0 amide bonds. The summed E-state index contributed by atoms with van der Waals surface area (Å²) in [5.74, 6) is 1.76. The average Bonchev–Trinajstić information content (AvgIpc) is 3.40. The van der Waals surface area contributed by atoms with E-state index in [0.717, 1.165) is 22.7 Å². The Balaban J connectivity index is 0.000000172. The van der Waals surface area contributed by atoms with Crippen LogP contribution in [-0.2, 0) is 6.42 Å². The Kier molecular flexibility index (Phi) is 8.32. The van der Waals surface area contributed by atoms with Crippen LogP contribution in [0.4, 0.5) is 5.82 Å². The van der Waals surface area contributed by atoms with Crippen molar-refractivity contribution in [2.45, 2.75) is 39.2 Å². The number of pyridine rings is 1. The minimum atomic E-state index is 0.379. The molecule has 0 radical (unpaired) electrons. The zero-order valence-electron chi connectivity index (χ0n) is 21.2. The summed E-state index contributed by atoms with van der Waals surface area (Å²) in [7, 11) is 1.88. The predicted molar refractivity (Wildman–Crippen MR) is 149 cm³/mol. The maximum atomic E-state index is 4.40. The Morgan fingerprint density at radius 2 is 1.80 bits per heavy atom. The second kappa shape index (κ2) is 11.8. The fourth-order valence-electron chi connectivity index (χ4n) is 4.44. The Hall–Kier alpha value is -3.44. The lowest BCUT2D eigenvalue weighted by Gasteiger charge is -2.22. The molecule has 5 rings (SSSR count). The van der Waals surface area contributed by atoms with E-state index in [9.17, 15) is 0 Å². The number of rotatable bonds is 6. The lowest BCUT2D eigenvalue weighted by Crippen LogP contribution is -2.28. The van der Waals surface area contributed by atoms with Crippen molar-refractivity contribution in [3.8, 4) is 11.1 Å². The monoisotopic (exact) mass is 467 g/mol. The SMILES string of the molecule is C=Cc1ccc(CC2CCNCC2)cc1.CNc1cc2cc(-c3cnn(C(C)C)c3)ccc2cn1. The number of nitrogens with one attached hydrogen (secondary N) is 2. The fraction of sp³-hybridized carbons (Fsp3) is 0.333. The van der Waals surface area contributed by atoms with Crippen molar-refractivity contribution in [3.05, 3.63) is 84.8 Å². The van der Waals surface area contributed by atoms with Crippen LogP contribution < -0.4 is 10.6 Å². The first-order valence-electron chi connectivity index (χ1n) is 12.6. The molecule has 0 saturated carbocycles. The summed E-state index contributed by atoms with van der Waals surface area (Å²) < 4.78 is 1.98. The van der Waals surface area contributed by atoms with E-state index in [-0.39, 0.29) is 0 Å². The number of aromatic nitrogens is 3. The third-order valence-corrected chi connectivity index (χ3v) is 6.64. The van der Waals surface area contributed by atoms with Crippen LogP contribution >= 0.6 is 0 Å². The number of fused-ring (bicyclic) bond motifs is 1. The number of hydrogen-bond acceptors (Lipinski definition) is 4. The average molecular weight is 468 g/mol. The molecule has 1 aliphatic rings. The summed E-state index contributed by atoms with van der Waals surface area (Å²) >= 11 is 0. The van der Waals surface area contributed by atoms with Gasteiger partial charge in [-0.25, -0.2) is 4.98 Å². The number of piperidine rings is 1. The normalized spacial score (nSPS) is 13.9. The Morgan fingerprint density at radius 3 is 2.46 bits per heavy atom. The lowest BCUT2D eigenvalue weighted by atomic mass is 9.91. The van der Waals surface area contributed by atoms with Crippen molar-refractivity contribution in [1.82, 2.24) is 20.1 Å². The smallest absolute Gasteiger partial charge is 0.126 e. The second-order valence-electron chi connectivity index (χ2n) is 9.53. The molecule has 35 heavy (non-hydrogen) atoms. The summed E-state index contributed by atoms with van der Waals surface area (Å²) in [6.45, 7) is 10.4. The van der Waals surface area contributed by atoms with Gasteiger partial charge in [0.15, 0.2) is 0 Å². The summed E-state index contributed by atoms with van der Waals surface area (Å²) in [6, 6.07) is 17.6. The van der Waals surface area contributed by atoms with Crippen molar-refractivity contribution >= 4 is 22.7 Å².